The summed E-state index contributed by atoms with van der Waals surface area (Å²) in [5.41, 5.74) is 0. The summed E-state index contributed by atoms with van der Waals surface area (Å²) in [6, 6.07) is 3.95. The number of sulfone groups is 1. The normalized spacial score (nSPS) is 21.4. The molecule has 1 aliphatic rings. The average molecular weight is 394 g/mol. The highest BCUT2D eigenvalue weighted by atomic mass is 79.9. The van der Waals surface area contributed by atoms with Crippen molar-refractivity contribution >= 4 is 31.7 Å². The lowest BCUT2D eigenvalue weighted by Gasteiger charge is -2.26. The number of nitrogens with zero attached hydrogens (tertiary/aromatic N) is 1. The van der Waals surface area contributed by atoms with Gasteiger partial charge in [-0.3, -0.25) is 4.79 Å². The molecule has 0 unspecified atom stereocenters. The second-order valence-corrected chi connectivity index (χ2v) is 8.49. The van der Waals surface area contributed by atoms with Gasteiger partial charge in [0.2, 0.25) is 0 Å². The van der Waals surface area contributed by atoms with E-state index in [0.717, 1.165) is 0 Å². The van der Waals surface area contributed by atoms with Gasteiger partial charge in [-0.05, 0) is 31.5 Å². The molecule has 5 nitrogen and oxygen atoms in total. The summed E-state index contributed by atoms with van der Waals surface area (Å²) < 4.78 is 42.6. The molecule has 1 aliphatic heterocycles. The van der Waals surface area contributed by atoms with Crippen LogP contribution in [0.25, 0.3) is 0 Å². The quantitative estimate of drug-likeness (QED) is 0.784. The van der Waals surface area contributed by atoms with Crippen LogP contribution in [0.1, 0.15) is 13.3 Å². The molecule has 1 aromatic carbocycles. The minimum absolute atomic E-state index is 0.0171. The number of hydrogen-bond donors (Lipinski definition) is 0. The number of likely N-dealkylation sites (N-methyl/N-ethyl adjacent to an activating group) is 1. The van der Waals surface area contributed by atoms with E-state index in [2.05, 4.69) is 15.9 Å². The van der Waals surface area contributed by atoms with Crippen LogP contribution in [0.15, 0.2) is 22.7 Å². The lowest BCUT2D eigenvalue weighted by molar-refractivity contribution is -0.138. The topological polar surface area (TPSA) is 63.7 Å². The fraction of sp³-hybridized carbons (Fsp3) is 0.500. The van der Waals surface area contributed by atoms with Crippen LogP contribution in [0.3, 0.4) is 0 Å². The number of ether oxygens (including phenoxy) is 1. The largest absolute Gasteiger partial charge is 0.478 e. The number of benzene rings is 1. The van der Waals surface area contributed by atoms with Gasteiger partial charge in [0.05, 0.1) is 11.5 Å². The molecule has 0 aromatic heterocycles. The van der Waals surface area contributed by atoms with Crippen molar-refractivity contribution in [2.75, 3.05) is 18.6 Å². The summed E-state index contributed by atoms with van der Waals surface area (Å²) in [5, 5.41) is 0. The first-order chi connectivity index (χ1) is 10.2. The van der Waals surface area contributed by atoms with Crippen molar-refractivity contribution in [2.45, 2.75) is 25.5 Å². The zero-order valence-corrected chi connectivity index (χ0v) is 14.7. The molecule has 1 amide bonds. The zero-order chi connectivity index (χ0) is 16.5. The first-order valence-electron chi connectivity index (χ1n) is 6.78. The predicted molar refractivity (Wildman–Crippen MR) is 84.0 cm³/mol. The number of halogens is 2. The maximum atomic E-state index is 13.7. The van der Waals surface area contributed by atoms with Crippen LogP contribution in [-0.4, -0.2) is 49.9 Å². The monoisotopic (exact) mass is 393 g/mol. The van der Waals surface area contributed by atoms with E-state index >= 15 is 0 Å². The van der Waals surface area contributed by atoms with E-state index in [1.165, 1.54) is 24.0 Å². The van der Waals surface area contributed by atoms with Crippen LogP contribution in [0.4, 0.5) is 4.39 Å². The molecule has 0 saturated carbocycles. The van der Waals surface area contributed by atoms with Crippen molar-refractivity contribution in [3.8, 4) is 5.75 Å². The van der Waals surface area contributed by atoms with Gasteiger partial charge in [0, 0.05) is 17.6 Å². The predicted octanol–water partition coefficient (Wildman–Crippen LogP) is 2.00. The van der Waals surface area contributed by atoms with E-state index in [-0.39, 0.29) is 29.2 Å². The van der Waals surface area contributed by atoms with Crippen molar-refractivity contribution < 1.29 is 22.3 Å². The van der Waals surface area contributed by atoms with E-state index in [1.807, 2.05) is 0 Å². The first-order valence-corrected chi connectivity index (χ1v) is 9.40. The highest BCUT2D eigenvalue weighted by Gasteiger charge is 2.34. The molecule has 1 fully saturated rings. The molecule has 0 radical (unpaired) electrons. The molecule has 0 aliphatic carbocycles. The third-order valence-corrected chi connectivity index (χ3v) is 5.89. The maximum absolute atomic E-state index is 13.7. The van der Waals surface area contributed by atoms with Crippen LogP contribution in [-0.2, 0) is 14.6 Å². The molecule has 0 bridgehead atoms. The Kier molecular flexibility index (Phi) is 5.11. The van der Waals surface area contributed by atoms with Crippen LogP contribution in [0, 0.1) is 5.82 Å². The molecular formula is C14H17BrFNO4S. The summed E-state index contributed by atoms with van der Waals surface area (Å²) >= 11 is 3.14. The van der Waals surface area contributed by atoms with Crippen molar-refractivity contribution in [1.29, 1.82) is 0 Å². The summed E-state index contributed by atoms with van der Waals surface area (Å²) in [5.74, 6) is -0.901. The van der Waals surface area contributed by atoms with E-state index < -0.39 is 21.8 Å². The summed E-state index contributed by atoms with van der Waals surface area (Å²) in [4.78, 5) is 13.7. The number of hydrogen-bond acceptors (Lipinski definition) is 4. The lowest BCUT2D eigenvalue weighted by atomic mass is 10.2. The maximum Gasteiger partial charge on any atom is 0.263 e. The third-order valence-electron chi connectivity index (χ3n) is 3.65. The van der Waals surface area contributed by atoms with Gasteiger partial charge in [-0.1, -0.05) is 15.9 Å². The van der Waals surface area contributed by atoms with Crippen molar-refractivity contribution in [1.82, 2.24) is 4.90 Å². The minimum atomic E-state index is -3.07. The van der Waals surface area contributed by atoms with Crippen LogP contribution in [0.2, 0.25) is 0 Å². The molecule has 1 heterocycles. The molecule has 2 rings (SSSR count). The van der Waals surface area contributed by atoms with E-state index in [9.17, 15) is 17.6 Å². The van der Waals surface area contributed by atoms with Crippen molar-refractivity contribution in [3.05, 3.63) is 28.5 Å². The zero-order valence-electron chi connectivity index (χ0n) is 12.3. The van der Waals surface area contributed by atoms with Crippen molar-refractivity contribution in [3.63, 3.8) is 0 Å². The second-order valence-electron chi connectivity index (χ2n) is 5.34. The number of rotatable bonds is 4. The highest BCUT2D eigenvalue weighted by molar-refractivity contribution is 9.10. The number of carbonyl (C=O) groups excluding carboxylic acids is 1. The average Bonchev–Trinajstić information content (AvgIpc) is 2.80. The summed E-state index contributed by atoms with van der Waals surface area (Å²) in [6.07, 6.45) is -0.479. The Morgan fingerprint density at radius 3 is 2.73 bits per heavy atom. The van der Waals surface area contributed by atoms with Crippen LogP contribution < -0.4 is 4.74 Å². The Hall–Kier alpha value is -1.15. The highest BCUT2D eigenvalue weighted by Crippen LogP contribution is 2.23. The van der Waals surface area contributed by atoms with Gasteiger partial charge in [0.1, 0.15) is 0 Å². The van der Waals surface area contributed by atoms with Crippen LogP contribution in [0.5, 0.6) is 5.75 Å². The number of carbonyl (C=O) groups is 1. The Labute approximate surface area is 137 Å². The molecule has 2 atom stereocenters. The molecule has 0 N–H and O–H groups in total. The van der Waals surface area contributed by atoms with Gasteiger partial charge in [-0.15, -0.1) is 0 Å². The van der Waals surface area contributed by atoms with E-state index in [4.69, 9.17) is 4.74 Å². The van der Waals surface area contributed by atoms with Gasteiger partial charge in [-0.25, -0.2) is 12.8 Å². The van der Waals surface area contributed by atoms with Gasteiger partial charge >= 0.3 is 0 Å². The Bertz CT molecular complexity index is 679. The molecule has 22 heavy (non-hydrogen) atoms. The van der Waals surface area contributed by atoms with Crippen LogP contribution >= 0.6 is 15.9 Å². The summed E-state index contributed by atoms with van der Waals surface area (Å²) in [7, 11) is -1.52. The fourth-order valence-corrected chi connectivity index (χ4v) is 4.47. The minimum Gasteiger partial charge on any atom is -0.478 e. The molecule has 122 valence electrons. The SMILES string of the molecule is C[C@H](Oc1ccc(Br)cc1F)C(=O)N(C)[C@H]1CCS(=O)(=O)C1. The lowest BCUT2D eigenvalue weighted by Crippen LogP contribution is -2.44. The Balaban J connectivity index is 2.02. The smallest absolute Gasteiger partial charge is 0.263 e. The van der Waals surface area contributed by atoms with E-state index in [1.54, 1.807) is 13.1 Å². The first kappa shape index (κ1) is 17.2. The van der Waals surface area contributed by atoms with Gasteiger partial charge in [0.15, 0.2) is 27.5 Å². The molecule has 8 heteroatoms. The van der Waals surface area contributed by atoms with Crippen molar-refractivity contribution in [2.24, 2.45) is 0 Å². The van der Waals surface area contributed by atoms with E-state index in [0.29, 0.717) is 10.9 Å². The third kappa shape index (κ3) is 3.98. The molecule has 0 spiro atoms. The molecule has 1 aromatic rings. The van der Waals surface area contributed by atoms with Gasteiger partial charge < -0.3 is 9.64 Å². The molecule has 1 saturated heterocycles. The van der Waals surface area contributed by atoms with Gasteiger partial charge in [-0.2, -0.15) is 0 Å². The summed E-state index contributed by atoms with van der Waals surface area (Å²) in [6.45, 7) is 1.52. The Morgan fingerprint density at radius 2 is 2.18 bits per heavy atom. The Morgan fingerprint density at radius 1 is 1.50 bits per heavy atom. The van der Waals surface area contributed by atoms with Gasteiger partial charge in [0.25, 0.3) is 5.91 Å². The fourth-order valence-electron chi connectivity index (χ4n) is 2.36. The molecular weight excluding hydrogens is 377 g/mol. The second kappa shape index (κ2) is 6.54. The number of amides is 1. The standard InChI is InChI=1S/C14H17BrFNO4S/c1-9(21-13-4-3-10(15)7-12(13)16)14(18)17(2)11-5-6-22(19,20)8-11/h3-4,7,9,11H,5-6,8H2,1-2H3/t9-,11-/m0/s1.